The number of anilines is 1. The van der Waals surface area contributed by atoms with Crippen LogP contribution in [-0.2, 0) is 13.0 Å². The molecule has 5 nitrogen and oxygen atoms in total. The fourth-order valence-corrected chi connectivity index (χ4v) is 4.43. The highest BCUT2D eigenvalue weighted by molar-refractivity contribution is 5.94. The molecule has 0 saturated heterocycles. The van der Waals surface area contributed by atoms with Crippen LogP contribution >= 0.6 is 0 Å². The molecule has 0 spiro atoms. The van der Waals surface area contributed by atoms with E-state index >= 15 is 0 Å². The van der Waals surface area contributed by atoms with Crippen LogP contribution in [-0.4, -0.2) is 21.7 Å². The van der Waals surface area contributed by atoms with Gasteiger partial charge in [-0.15, -0.1) is 0 Å². The first-order valence-electron chi connectivity index (χ1n) is 10.9. The molecule has 1 aliphatic rings. The molecule has 5 heteroatoms. The van der Waals surface area contributed by atoms with E-state index in [1.165, 1.54) is 11.1 Å². The normalized spacial score (nSPS) is 13.3. The van der Waals surface area contributed by atoms with Crippen LogP contribution in [0.1, 0.15) is 16.7 Å². The maximum Gasteiger partial charge on any atom is 0.259 e. The Kier molecular flexibility index (Phi) is 4.46. The Labute approximate surface area is 186 Å². The Hall–Kier alpha value is -3.99. The van der Waals surface area contributed by atoms with Gasteiger partial charge in [0.1, 0.15) is 5.82 Å². The van der Waals surface area contributed by atoms with E-state index in [0.29, 0.717) is 11.7 Å². The third-order valence-electron chi connectivity index (χ3n) is 6.09. The highest BCUT2D eigenvalue weighted by Gasteiger charge is 2.21. The molecular formula is C27H22N4O. The molecule has 3 aromatic carbocycles. The molecule has 0 atom stereocenters. The lowest BCUT2D eigenvalue weighted by Gasteiger charge is -2.30. The van der Waals surface area contributed by atoms with Gasteiger partial charge in [-0.3, -0.25) is 0 Å². The predicted octanol–water partition coefficient (Wildman–Crippen LogP) is 5.82. The van der Waals surface area contributed by atoms with Gasteiger partial charge in [0.05, 0.1) is 11.1 Å². The van der Waals surface area contributed by atoms with E-state index in [4.69, 9.17) is 14.5 Å². The van der Waals surface area contributed by atoms with Crippen molar-refractivity contribution in [2.75, 3.05) is 11.4 Å². The summed E-state index contributed by atoms with van der Waals surface area (Å²) in [6, 6.07) is 27.0. The van der Waals surface area contributed by atoms with Crippen molar-refractivity contribution >= 4 is 16.7 Å². The Morgan fingerprint density at radius 1 is 0.844 bits per heavy atom. The summed E-state index contributed by atoms with van der Waals surface area (Å²) in [5, 5.41) is 5.27. The van der Waals surface area contributed by atoms with E-state index in [-0.39, 0.29) is 0 Å². The molecule has 6 rings (SSSR count). The van der Waals surface area contributed by atoms with Crippen molar-refractivity contribution in [3.8, 4) is 22.8 Å². The average Bonchev–Trinajstić information content (AvgIpc) is 3.33. The van der Waals surface area contributed by atoms with Gasteiger partial charge in [-0.05, 0) is 42.7 Å². The van der Waals surface area contributed by atoms with Crippen LogP contribution in [0.4, 0.5) is 5.82 Å². The second kappa shape index (κ2) is 7.61. The van der Waals surface area contributed by atoms with Crippen molar-refractivity contribution < 1.29 is 4.52 Å². The molecule has 0 radical (unpaired) electrons. The smallest absolute Gasteiger partial charge is 0.259 e. The van der Waals surface area contributed by atoms with Crippen LogP contribution < -0.4 is 4.90 Å². The first-order valence-corrected chi connectivity index (χ1v) is 10.9. The molecule has 32 heavy (non-hydrogen) atoms. The molecule has 2 aromatic heterocycles. The first-order chi connectivity index (χ1) is 15.7. The summed E-state index contributed by atoms with van der Waals surface area (Å²) < 4.78 is 5.74. The lowest BCUT2D eigenvalue weighted by molar-refractivity contribution is 0.432. The van der Waals surface area contributed by atoms with E-state index in [9.17, 15) is 0 Å². The van der Waals surface area contributed by atoms with Crippen LogP contribution in [0.2, 0.25) is 0 Å². The van der Waals surface area contributed by atoms with Crippen LogP contribution in [0, 0.1) is 6.92 Å². The molecule has 5 aromatic rings. The van der Waals surface area contributed by atoms with Crippen molar-refractivity contribution in [3.05, 3.63) is 95.6 Å². The lowest BCUT2D eigenvalue weighted by atomic mass is 9.99. The van der Waals surface area contributed by atoms with Crippen LogP contribution in [0.15, 0.2) is 83.4 Å². The lowest BCUT2D eigenvalue weighted by Crippen LogP contribution is -2.31. The van der Waals surface area contributed by atoms with E-state index < -0.39 is 0 Å². The molecule has 0 fully saturated rings. The van der Waals surface area contributed by atoms with Gasteiger partial charge in [-0.25, -0.2) is 4.98 Å². The zero-order valence-electron chi connectivity index (χ0n) is 17.8. The maximum absolute atomic E-state index is 5.74. The Bertz CT molecular complexity index is 1440. The summed E-state index contributed by atoms with van der Waals surface area (Å²) in [5.41, 5.74) is 6.73. The number of nitrogens with zero attached hydrogens (tertiary/aromatic N) is 4. The second-order valence-corrected chi connectivity index (χ2v) is 8.28. The van der Waals surface area contributed by atoms with Gasteiger partial charge in [-0.2, -0.15) is 4.98 Å². The summed E-state index contributed by atoms with van der Waals surface area (Å²) >= 11 is 0. The van der Waals surface area contributed by atoms with Crippen LogP contribution in [0.25, 0.3) is 33.7 Å². The molecule has 156 valence electrons. The average molecular weight is 419 g/mol. The number of benzene rings is 3. The number of rotatable bonds is 3. The minimum atomic E-state index is 0.513. The Morgan fingerprint density at radius 2 is 1.69 bits per heavy atom. The summed E-state index contributed by atoms with van der Waals surface area (Å²) in [6.07, 6.45) is 1.01. The minimum absolute atomic E-state index is 0.513. The largest absolute Gasteiger partial charge is 0.352 e. The summed E-state index contributed by atoms with van der Waals surface area (Å²) in [6.45, 7) is 3.84. The molecule has 0 N–H and O–H groups in total. The highest BCUT2D eigenvalue weighted by atomic mass is 16.5. The zero-order chi connectivity index (χ0) is 21.5. The maximum atomic E-state index is 5.74. The molecule has 0 amide bonds. The van der Waals surface area contributed by atoms with Gasteiger partial charge in [0, 0.05) is 24.0 Å². The molecule has 3 heterocycles. The highest BCUT2D eigenvalue weighted by Crippen LogP contribution is 2.33. The number of fused-ring (bicyclic) bond motifs is 2. The Balaban J connectivity index is 1.44. The van der Waals surface area contributed by atoms with E-state index in [2.05, 4.69) is 65.5 Å². The van der Waals surface area contributed by atoms with Gasteiger partial charge < -0.3 is 9.42 Å². The minimum Gasteiger partial charge on any atom is -0.352 e. The number of pyridine rings is 1. The van der Waals surface area contributed by atoms with E-state index in [1.54, 1.807) is 0 Å². The standard InChI is InChI=1S/C27H22N4O/c1-18-7-6-10-20(15-18)26-29-27(32-30-26)23-16-25(28-24-12-5-4-11-22(23)24)31-14-13-19-8-2-3-9-21(19)17-31/h2-12,15-16H,13-14,17H2,1H3. The SMILES string of the molecule is Cc1cccc(-c2noc(-c3cc(N4CCc5ccccc5C4)nc4ccccc34)n2)c1. The van der Waals surface area contributed by atoms with Gasteiger partial charge in [0.25, 0.3) is 5.89 Å². The summed E-state index contributed by atoms with van der Waals surface area (Å²) in [4.78, 5) is 12.0. The van der Waals surface area contributed by atoms with Crippen molar-refractivity contribution in [3.63, 3.8) is 0 Å². The fourth-order valence-electron chi connectivity index (χ4n) is 4.43. The molecule has 0 unspecified atom stereocenters. The van der Waals surface area contributed by atoms with Crippen molar-refractivity contribution in [1.82, 2.24) is 15.1 Å². The molecule has 0 bridgehead atoms. The van der Waals surface area contributed by atoms with E-state index in [0.717, 1.165) is 52.9 Å². The fraction of sp³-hybridized carbons (Fsp3) is 0.148. The molecule has 1 aliphatic heterocycles. The van der Waals surface area contributed by atoms with Crippen molar-refractivity contribution in [1.29, 1.82) is 0 Å². The topological polar surface area (TPSA) is 55.1 Å². The summed E-state index contributed by atoms with van der Waals surface area (Å²) in [7, 11) is 0. The number of para-hydroxylation sites is 1. The number of aromatic nitrogens is 3. The van der Waals surface area contributed by atoms with E-state index in [1.807, 2.05) is 30.3 Å². The third kappa shape index (κ3) is 3.32. The predicted molar refractivity (Wildman–Crippen MR) is 126 cm³/mol. The zero-order valence-corrected chi connectivity index (χ0v) is 17.8. The van der Waals surface area contributed by atoms with Crippen molar-refractivity contribution in [2.24, 2.45) is 0 Å². The Morgan fingerprint density at radius 3 is 2.59 bits per heavy atom. The molecule has 0 aliphatic carbocycles. The number of hydrogen-bond donors (Lipinski definition) is 0. The molecule has 0 saturated carbocycles. The van der Waals surface area contributed by atoms with Gasteiger partial charge in [0.15, 0.2) is 0 Å². The molecular weight excluding hydrogens is 396 g/mol. The van der Waals surface area contributed by atoms with Crippen LogP contribution in [0.3, 0.4) is 0 Å². The first kappa shape index (κ1) is 18.8. The second-order valence-electron chi connectivity index (χ2n) is 8.28. The van der Waals surface area contributed by atoms with Crippen LogP contribution in [0.5, 0.6) is 0 Å². The number of hydrogen-bond acceptors (Lipinski definition) is 5. The third-order valence-corrected chi connectivity index (χ3v) is 6.09. The van der Waals surface area contributed by atoms with Gasteiger partial charge in [0.2, 0.25) is 5.82 Å². The van der Waals surface area contributed by atoms with Gasteiger partial charge in [-0.1, -0.05) is 71.4 Å². The summed E-state index contributed by atoms with van der Waals surface area (Å²) in [5.74, 6) is 2.04. The monoisotopic (exact) mass is 418 g/mol. The number of aryl methyl sites for hydroxylation is 1. The van der Waals surface area contributed by atoms with Gasteiger partial charge >= 0.3 is 0 Å². The van der Waals surface area contributed by atoms with Crippen molar-refractivity contribution in [2.45, 2.75) is 19.9 Å². The quantitative estimate of drug-likeness (QED) is 0.369.